The molecular formula is C23H17BrN2O2S. The molecule has 0 atom stereocenters. The molecule has 5 rings (SSSR count). The molecule has 0 amide bonds. The Morgan fingerprint density at radius 2 is 2.03 bits per heavy atom. The Balaban J connectivity index is 1.67. The fraction of sp³-hybridized carbons (Fsp3) is 0.130. The molecule has 0 radical (unpaired) electrons. The number of hydrogen-bond donors (Lipinski definition) is 0. The molecule has 144 valence electrons. The molecule has 3 heterocycles. The van der Waals surface area contributed by atoms with E-state index in [2.05, 4.69) is 22.0 Å². The average molecular weight is 465 g/mol. The predicted molar refractivity (Wildman–Crippen MR) is 122 cm³/mol. The first kappa shape index (κ1) is 18.3. The van der Waals surface area contributed by atoms with Gasteiger partial charge in [-0.2, -0.15) is 0 Å². The maximum atomic E-state index is 13.3. The summed E-state index contributed by atoms with van der Waals surface area (Å²) in [6.07, 6.45) is 2.85. The number of methoxy groups -OCH3 is 1. The van der Waals surface area contributed by atoms with Gasteiger partial charge in [0.15, 0.2) is 0 Å². The number of benzene rings is 2. The van der Waals surface area contributed by atoms with Crippen LogP contribution in [-0.2, 0) is 6.54 Å². The van der Waals surface area contributed by atoms with Gasteiger partial charge in [-0.3, -0.25) is 9.36 Å². The number of nitrogens with zero attached hydrogens (tertiary/aromatic N) is 2. The number of hydrogen-bond acceptors (Lipinski definition) is 4. The van der Waals surface area contributed by atoms with Gasteiger partial charge in [-0.1, -0.05) is 46.3 Å². The minimum Gasteiger partial charge on any atom is -0.496 e. The van der Waals surface area contributed by atoms with E-state index in [1.807, 2.05) is 53.9 Å². The molecule has 1 aliphatic heterocycles. The van der Waals surface area contributed by atoms with Crippen LogP contribution in [0, 0.1) is 0 Å². The molecule has 0 unspecified atom stereocenters. The number of rotatable bonds is 3. The first-order valence-corrected chi connectivity index (χ1v) is 10.9. The van der Waals surface area contributed by atoms with Crippen molar-refractivity contribution in [3.63, 3.8) is 0 Å². The standard InChI is InChI=1S/C23H17BrN2O2S/c1-28-19-8-7-17(24)12-16(19)11-15-9-10-26-21(15)25-22-20(23(26)27)18(13-29-22)14-5-3-2-4-6-14/h2-8,11-13H,9-10H2,1H3. The van der Waals surface area contributed by atoms with Crippen LogP contribution in [0.25, 0.3) is 33.0 Å². The highest BCUT2D eigenvalue weighted by Gasteiger charge is 2.23. The average Bonchev–Trinajstić information content (AvgIpc) is 3.34. The Hall–Kier alpha value is -2.70. The van der Waals surface area contributed by atoms with Gasteiger partial charge in [-0.25, -0.2) is 4.98 Å². The molecule has 2 aromatic carbocycles. The molecule has 2 aromatic heterocycles. The molecule has 0 bridgehead atoms. The maximum absolute atomic E-state index is 13.3. The quantitative estimate of drug-likeness (QED) is 0.382. The van der Waals surface area contributed by atoms with Crippen molar-refractivity contribution in [3.8, 4) is 16.9 Å². The summed E-state index contributed by atoms with van der Waals surface area (Å²) >= 11 is 5.05. The zero-order valence-electron chi connectivity index (χ0n) is 15.7. The lowest BCUT2D eigenvalue weighted by Gasteiger charge is -2.07. The van der Waals surface area contributed by atoms with Gasteiger partial charge in [0.05, 0.1) is 12.5 Å². The lowest BCUT2D eigenvalue weighted by Crippen LogP contribution is -2.20. The Bertz CT molecular complexity index is 1320. The van der Waals surface area contributed by atoms with Crippen molar-refractivity contribution in [2.45, 2.75) is 13.0 Å². The summed E-state index contributed by atoms with van der Waals surface area (Å²) < 4.78 is 8.28. The van der Waals surface area contributed by atoms with Crippen LogP contribution in [0.2, 0.25) is 0 Å². The number of thiophene rings is 1. The van der Waals surface area contributed by atoms with Crippen LogP contribution in [0.1, 0.15) is 17.8 Å². The third kappa shape index (κ3) is 3.12. The Morgan fingerprint density at radius 1 is 1.21 bits per heavy atom. The first-order chi connectivity index (χ1) is 14.2. The van der Waals surface area contributed by atoms with Crippen molar-refractivity contribution in [3.05, 3.63) is 80.1 Å². The monoisotopic (exact) mass is 464 g/mol. The molecule has 4 aromatic rings. The molecule has 4 nitrogen and oxygen atoms in total. The van der Waals surface area contributed by atoms with Crippen molar-refractivity contribution < 1.29 is 4.74 Å². The Labute approximate surface area is 180 Å². The van der Waals surface area contributed by atoms with Crippen molar-refractivity contribution in [1.82, 2.24) is 9.55 Å². The van der Waals surface area contributed by atoms with Crippen molar-refractivity contribution in [1.29, 1.82) is 0 Å². The largest absolute Gasteiger partial charge is 0.496 e. The number of aromatic nitrogens is 2. The molecule has 0 aliphatic carbocycles. The fourth-order valence-electron chi connectivity index (χ4n) is 3.79. The lowest BCUT2D eigenvalue weighted by molar-refractivity contribution is 0.414. The van der Waals surface area contributed by atoms with Crippen LogP contribution in [0.15, 0.2) is 63.2 Å². The topological polar surface area (TPSA) is 44.1 Å². The summed E-state index contributed by atoms with van der Waals surface area (Å²) in [5, 5.41) is 2.75. The zero-order chi connectivity index (χ0) is 20.0. The smallest absolute Gasteiger partial charge is 0.263 e. The number of allylic oxidation sites excluding steroid dienone is 1. The highest BCUT2D eigenvalue weighted by molar-refractivity contribution is 9.10. The summed E-state index contributed by atoms with van der Waals surface area (Å²) in [6, 6.07) is 15.9. The van der Waals surface area contributed by atoms with Crippen LogP contribution >= 0.6 is 27.3 Å². The van der Waals surface area contributed by atoms with Crippen LogP contribution in [0.5, 0.6) is 5.75 Å². The van der Waals surface area contributed by atoms with Gasteiger partial charge in [0.1, 0.15) is 16.4 Å². The van der Waals surface area contributed by atoms with Gasteiger partial charge in [0, 0.05) is 27.5 Å². The fourth-order valence-corrected chi connectivity index (χ4v) is 5.11. The van der Waals surface area contributed by atoms with Crippen molar-refractivity contribution in [2.24, 2.45) is 0 Å². The van der Waals surface area contributed by atoms with E-state index in [1.165, 1.54) is 11.3 Å². The third-order valence-electron chi connectivity index (χ3n) is 5.19. The van der Waals surface area contributed by atoms with Gasteiger partial charge in [-0.15, -0.1) is 11.3 Å². The van der Waals surface area contributed by atoms with Crippen molar-refractivity contribution >= 4 is 49.1 Å². The van der Waals surface area contributed by atoms with Gasteiger partial charge < -0.3 is 4.74 Å². The van der Waals surface area contributed by atoms with Gasteiger partial charge in [0.25, 0.3) is 5.56 Å². The highest BCUT2D eigenvalue weighted by Crippen LogP contribution is 2.35. The van der Waals surface area contributed by atoms with Crippen LogP contribution < -0.4 is 10.3 Å². The maximum Gasteiger partial charge on any atom is 0.263 e. The molecule has 1 aliphatic rings. The van der Waals surface area contributed by atoms with Gasteiger partial charge >= 0.3 is 0 Å². The van der Waals surface area contributed by atoms with Crippen molar-refractivity contribution in [2.75, 3.05) is 7.11 Å². The van der Waals surface area contributed by atoms with Crippen LogP contribution in [0.4, 0.5) is 0 Å². The molecule has 29 heavy (non-hydrogen) atoms. The number of fused-ring (bicyclic) bond motifs is 2. The second-order valence-electron chi connectivity index (χ2n) is 6.89. The van der Waals surface area contributed by atoms with Gasteiger partial charge in [-0.05, 0) is 41.8 Å². The Kier molecular flexibility index (Phi) is 4.60. The molecule has 6 heteroatoms. The normalized spacial score (nSPS) is 14.5. The third-order valence-corrected chi connectivity index (χ3v) is 6.56. The second-order valence-corrected chi connectivity index (χ2v) is 8.67. The predicted octanol–water partition coefficient (Wildman–Crippen LogP) is 5.84. The first-order valence-electron chi connectivity index (χ1n) is 9.27. The minimum absolute atomic E-state index is 0.0368. The van der Waals surface area contributed by atoms with E-state index in [1.54, 1.807) is 11.7 Å². The van der Waals surface area contributed by atoms with E-state index in [0.29, 0.717) is 11.9 Å². The van der Waals surface area contributed by atoms with E-state index in [9.17, 15) is 4.79 Å². The Morgan fingerprint density at radius 3 is 2.83 bits per heavy atom. The summed E-state index contributed by atoms with van der Waals surface area (Å²) in [7, 11) is 1.66. The molecule has 0 fully saturated rings. The second kappa shape index (κ2) is 7.28. The minimum atomic E-state index is 0.0368. The SMILES string of the molecule is COc1ccc(Br)cc1C=C1CCn2c1nc1scc(-c3ccccc3)c1c2=O. The highest BCUT2D eigenvalue weighted by atomic mass is 79.9. The van der Waals surface area contributed by atoms with E-state index in [-0.39, 0.29) is 5.56 Å². The summed E-state index contributed by atoms with van der Waals surface area (Å²) in [5.74, 6) is 1.55. The summed E-state index contributed by atoms with van der Waals surface area (Å²) in [6.45, 7) is 0.642. The van der Waals surface area contributed by atoms with Crippen LogP contribution in [0.3, 0.4) is 0 Å². The molecule has 0 spiro atoms. The summed E-state index contributed by atoms with van der Waals surface area (Å²) in [4.78, 5) is 19.0. The molecule has 0 saturated heterocycles. The molecule has 0 saturated carbocycles. The van der Waals surface area contributed by atoms with E-state index < -0.39 is 0 Å². The van der Waals surface area contributed by atoms with E-state index in [0.717, 1.165) is 49.6 Å². The number of halogens is 1. The van der Waals surface area contributed by atoms with E-state index >= 15 is 0 Å². The van der Waals surface area contributed by atoms with Gasteiger partial charge in [0.2, 0.25) is 0 Å². The number of ether oxygens (including phenoxy) is 1. The molecular weight excluding hydrogens is 448 g/mol. The van der Waals surface area contributed by atoms with Crippen LogP contribution in [-0.4, -0.2) is 16.7 Å². The zero-order valence-corrected chi connectivity index (χ0v) is 18.1. The van der Waals surface area contributed by atoms with E-state index in [4.69, 9.17) is 9.72 Å². The lowest BCUT2D eigenvalue weighted by atomic mass is 10.1. The molecule has 0 N–H and O–H groups in total. The summed E-state index contributed by atoms with van der Waals surface area (Å²) in [5.41, 5.74) is 4.07.